The van der Waals surface area contributed by atoms with E-state index in [-0.39, 0.29) is 23.5 Å². The van der Waals surface area contributed by atoms with Crippen molar-refractivity contribution in [2.45, 2.75) is 49.8 Å². The van der Waals surface area contributed by atoms with Gasteiger partial charge < -0.3 is 10.1 Å². The Morgan fingerprint density at radius 2 is 2.25 bits per heavy atom. The average molecular weight is 403 g/mol. The summed E-state index contributed by atoms with van der Waals surface area (Å²) in [6, 6.07) is 5.77. The highest BCUT2D eigenvalue weighted by Gasteiger charge is 2.25. The number of carbonyl (C=O) groups excluding carboxylic acids is 1. The van der Waals surface area contributed by atoms with Gasteiger partial charge in [0.1, 0.15) is 10.8 Å². The molecule has 2 aliphatic rings. The van der Waals surface area contributed by atoms with Crippen LogP contribution in [0.2, 0.25) is 0 Å². The number of amides is 1. The fourth-order valence-corrected chi connectivity index (χ4v) is 4.66. The van der Waals surface area contributed by atoms with Crippen molar-refractivity contribution >= 4 is 23.4 Å². The minimum Gasteiger partial charge on any atom is -0.376 e. The third-order valence-electron chi connectivity index (χ3n) is 5.06. The molecule has 2 aromatic rings. The lowest BCUT2D eigenvalue weighted by molar-refractivity contribution is -0.113. The second kappa shape index (κ2) is 8.45. The van der Waals surface area contributed by atoms with Crippen molar-refractivity contribution in [2.75, 3.05) is 17.7 Å². The summed E-state index contributed by atoms with van der Waals surface area (Å²) in [5.74, 6) is -0.544. The molecule has 148 valence electrons. The molecule has 4 rings (SSSR count). The van der Waals surface area contributed by atoms with Crippen molar-refractivity contribution < 1.29 is 13.9 Å². The van der Waals surface area contributed by atoms with Gasteiger partial charge in [0.15, 0.2) is 0 Å². The number of ether oxygens (including phenoxy) is 1. The van der Waals surface area contributed by atoms with Gasteiger partial charge in [-0.15, -0.1) is 0 Å². The molecule has 1 aromatic heterocycles. The fraction of sp³-hybridized carbons (Fsp3) is 0.450. The highest BCUT2D eigenvalue weighted by atomic mass is 32.2. The van der Waals surface area contributed by atoms with E-state index in [4.69, 9.17) is 4.74 Å². The number of hydrogen-bond acceptors (Lipinski definition) is 5. The molecular formula is C20H22FN3O3S. The minimum absolute atomic E-state index is 0.0831. The molecule has 1 unspecified atom stereocenters. The van der Waals surface area contributed by atoms with Gasteiger partial charge >= 0.3 is 5.69 Å². The van der Waals surface area contributed by atoms with Gasteiger partial charge in [0.05, 0.1) is 18.4 Å². The van der Waals surface area contributed by atoms with Crippen LogP contribution in [0.1, 0.15) is 30.5 Å². The quantitative estimate of drug-likeness (QED) is 0.593. The molecule has 1 N–H and O–H groups in total. The summed E-state index contributed by atoms with van der Waals surface area (Å²) in [5, 5.41) is 3.30. The number of hydrogen-bond donors (Lipinski definition) is 1. The molecule has 0 spiro atoms. The molecular weight excluding hydrogens is 381 g/mol. The van der Waals surface area contributed by atoms with Gasteiger partial charge in [-0.1, -0.05) is 17.8 Å². The Balaban J connectivity index is 1.46. The lowest BCUT2D eigenvalue weighted by atomic mass is 10.2. The Labute approximate surface area is 166 Å². The van der Waals surface area contributed by atoms with E-state index >= 15 is 0 Å². The van der Waals surface area contributed by atoms with Crippen molar-refractivity contribution in [3.63, 3.8) is 0 Å². The number of nitrogens with one attached hydrogen (secondary N) is 1. The van der Waals surface area contributed by atoms with Gasteiger partial charge in [0.25, 0.3) is 0 Å². The van der Waals surface area contributed by atoms with Crippen LogP contribution in [0.15, 0.2) is 34.1 Å². The van der Waals surface area contributed by atoms with E-state index in [1.54, 1.807) is 16.7 Å². The summed E-state index contributed by atoms with van der Waals surface area (Å²) in [7, 11) is 0. The topological polar surface area (TPSA) is 73.2 Å². The first-order valence-corrected chi connectivity index (χ1v) is 10.5. The van der Waals surface area contributed by atoms with Gasteiger partial charge in [0.2, 0.25) is 5.91 Å². The van der Waals surface area contributed by atoms with Crippen molar-refractivity contribution in [1.82, 2.24) is 9.55 Å². The number of rotatable bonds is 6. The molecule has 1 atom stereocenters. The van der Waals surface area contributed by atoms with Crippen molar-refractivity contribution in [1.29, 1.82) is 0 Å². The predicted molar refractivity (Wildman–Crippen MR) is 105 cm³/mol. The van der Waals surface area contributed by atoms with Crippen LogP contribution in [0.3, 0.4) is 0 Å². The molecule has 0 bridgehead atoms. The zero-order chi connectivity index (χ0) is 19.5. The van der Waals surface area contributed by atoms with Gasteiger partial charge in [-0.2, -0.15) is 4.98 Å². The molecule has 0 radical (unpaired) electrons. The summed E-state index contributed by atoms with van der Waals surface area (Å²) in [6.07, 6.45) is 4.78. The van der Waals surface area contributed by atoms with Crippen LogP contribution in [0.25, 0.3) is 0 Å². The highest BCUT2D eigenvalue weighted by molar-refractivity contribution is 8.00. The fourth-order valence-electron chi connectivity index (χ4n) is 3.78. The van der Waals surface area contributed by atoms with Gasteiger partial charge in [0, 0.05) is 23.6 Å². The Morgan fingerprint density at radius 3 is 3.04 bits per heavy atom. The molecule has 1 aliphatic carbocycles. The van der Waals surface area contributed by atoms with E-state index in [0.717, 1.165) is 50.0 Å². The number of fused-ring (bicyclic) bond motifs is 1. The van der Waals surface area contributed by atoms with E-state index in [1.807, 2.05) is 0 Å². The lowest BCUT2D eigenvalue weighted by Gasteiger charge is -2.17. The third kappa shape index (κ3) is 4.28. The lowest BCUT2D eigenvalue weighted by Crippen LogP contribution is -2.31. The monoisotopic (exact) mass is 403 g/mol. The summed E-state index contributed by atoms with van der Waals surface area (Å²) in [4.78, 5) is 29.1. The number of anilines is 1. The highest BCUT2D eigenvalue weighted by Crippen LogP contribution is 2.30. The van der Waals surface area contributed by atoms with Crippen LogP contribution in [0, 0.1) is 5.82 Å². The predicted octanol–water partition coefficient (Wildman–Crippen LogP) is 2.78. The smallest absolute Gasteiger partial charge is 0.348 e. The molecule has 1 aliphatic heterocycles. The first-order valence-electron chi connectivity index (χ1n) is 9.52. The normalized spacial score (nSPS) is 18.2. The first kappa shape index (κ1) is 19.1. The maximum absolute atomic E-state index is 13.2. The standard InChI is InChI=1S/C20H22FN3O3S/c21-13-4-1-5-14(10-13)22-18(25)12-28-19-16-7-2-8-17(16)24(20(26)23-19)11-15-6-3-9-27-15/h1,4-5,10,15H,2-3,6-9,11-12H2,(H,22,25). The maximum Gasteiger partial charge on any atom is 0.348 e. The van der Waals surface area contributed by atoms with E-state index in [1.165, 1.54) is 23.9 Å². The Bertz CT molecular complexity index is 941. The summed E-state index contributed by atoms with van der Waals surface area (Å²) >= 11 is 1.26. The SMILES string of the molecule is O=C(CSc1nc(=O)n(CC2CCCO2)c2c1CCC2)Nc1cccc(F)c1. The summed E-state index contributed by atoms with van der Waals surface area (Å²) in [6.45, 7) is 1.31. The number of thioether (sulfide) groups is 1. The second-order valence-electron chi connectivity index (χ2n) is 7.07. The van der Waals surface area contributed by atoms with Crippen LogP contribution in [0.4, 0.5) is 10.1 Å². The number of aromatic nitrogens is 2. The second-order valence-corrected chi connectivity index (χ2v) is 8.04. The van der Waals surface area contributed by atoms with Gasteiger partial charge in [-0.25, -0.2) is 9.18 Å². The third-order valence-corrected chi connectivity index (χ3v) is 6.08. The van der Waals surface area contributed by atoms with Crippen molar-refractivity contribution in [2.24, 2.45) is 0 Å². The van der Waals surface area contributed by atoms with Crippen LogP contribution in [-0.4, -0.2) is 33.9 Å². The number of carbonyl (C=O) groups is 1. The minimum atomic E-state index is -0.403. The molecule has 1 amide bonds. The Kier molecular flexibility index (Phi) is 5.77. The largest absolute Gasteiger partial charge is 0.376 e. The van der Waals surface area contributed by atoms with E-state index in [9.17, 15) is 14.0 Å². The number of halogens is 1. The van der Waals surface area contributed by atoms with Crippen LogP contribution in [0.5, 0.6) is 0 Å². The van der Waals surface area contributed by atoms with E-state index in [2.05, 4.69) is 10.3 Å². The van der Waals surface area contributed by atoms with Crippen LogP contribution >= 0.6 is 11.8 Å². The van der Waals surface area contributed by atoms with E-state index in [0.29, 0.717) is 17.3 Å². The molecule has 0 saturated carbocycles. The molecule has 6 nitrogen and oxygen atoms in total. The van der Waals surface area contributed by atoms with E-state index < -0.39 is 5.82 Å². The maximum atomic E-state index is 13.2. The van der Waals surface area contributed by atoms with Gasteiger partial charge in [-0.05, 0) is 50.3 Å². The van der Waals surface area contributed by atoms with Crippen LogP contribution in [-0.2, 0) is 28.9 Å². The Hall–Kier alpha value is -2.19. The summed E-state index contributed by atoms with van der Waals surface area (Å²) < 4.78 is 20.7. The molecule has 8 heteroatoms. The summed E-state index contributed by atoms with van der Waals surface area (Å²) in [5.41, 5.74) is 2.24. The molecule has 1 saturated heterocycles. The van der Waals surface area contributed by atoms with Crippen molar-refractivity contribution in [3.8, 4) is 0 Å². The number of benzene rings is 1. The van der Waals surface area contributed by atoms with Crippen molar-refractivity contribution in [3.05, 3.63) is 51.8 Å². The van der Waals surface area contributed by atoms with Gasteiger partial charge in [-0.3, -0.25) is 9.36 Å². The molecule has 28 heavy (non-hydrogen) atoms. The number of nitrogens with zero attached hydrogens (tertiary/aromatic N) is 2. The first-order chi connectivity index (χ1) is 13.6. The molecule has 1 aromatic carbocycles. The molecule has 2 heterocycles. The average Bonchev–Trinajstić information content (AvgIpc) is 3.34. The Morgan fingerprint density at radius 1 is 1.36 bits per heavy atom. The zero-order valence-corrected chi connectivity index (χ0v) is 16.3. The zero-order valence-electron chi connectivity index (χ0n) is 15.4. The van der Waals surface area contributed by atoms with Crippen LogP contribution < -0.4 is 11.0 Å². The molecule has 1 fully saturated rings.